The van der Waals surface area contributed by atoms with E-state index >= 15 is 0 Å². The molecule has 2 bridgehead atoms. The molecule has 5 nitrogen and oxygen atoms in total. The monoisotopic (exact) mass is 276 g/mol. The molecule has 1 N–H and O–H groups in total. The number of methoxy groups -OCH3 is 1. The second-order valence-electron chi connectivity index (χ2n) is 6.09. The van der Waals surface area contributed by atoms with Gasteiger partial charge in [0.25, 0.3) is 0 Å². The molecule has 1 aromatic rings. The van der Waals surface area contributed by atoms with Gasteiger partial charge in [-0.2, -0.15) is 4.98 Å². The van der Waals surface area contributed by atoms with Gasteiger partial charge in [-0.3, -0.25) is 0 Å². The number of nitrogens with zero attached hydrogens (tertiary/aromatic N) is 3. The van der Waals surface area contributed by atoms with Crippen LogP contribution >= 0.6 is 0 Å². The maximum atomic E-state index is 5.22. The van der Waals surface area contributed by atoms with Gasteiger partial charge < -0.3 is 15.0 Å². The average Bonchev–Trinajstić information content (AvgIpc) is 2.39. The fourth-order valence-electron chi connectivity index (χ4n) is 3.63. The summed E-state index contributed by atoms with van der Waals surface area (Å²) < 4.78 is 5.22. The van der Waals surface area contributed by atoms with Crippen molar-refractivity contribution in [2.24, 2.45) is 0 Å². The number of fused-ring (bicyclic) bond motifs is 2. The summed E-state index contributed by atoms with van der Waals surface area (Å²) in [7, 11) is 3.92. The van der Waals surface area contributed by atoms with Crippen molar-refractivity contribution < 1.29 is 4.74 Å². The van der Waals surface area contributed by atoms with Crippen LogP contribution in [0.2, 0.25) is 0 Å². The zero-order chi connectivity index (χ0) is 14.1. The van der Waals surface area contributed by atoms with E-state index in [1.165, 1.54) is 32.1 Å². The van der Waals surface area contributed by atoms with Crippen molar-refractivity contribution in [1.29, 1.82) is 0 Å². The zero-order valence-corrected chi connectivity index (χ0v) is 12.6. The average molecular weight is 276 g/mol. The Morgan fingerprint density at radius 3 is 2.60 bits per heavy atom. The summed E-state index contributed by atoms with van der Waals surface area (Å²) in [6.45, 7) is 1.97. The number of rotatable bonds is 3. The molecule has 5 heteroatoms. The third-order valence-electron chi connectivity index (χ3n) is 4.71. The number of piperidine rings is 2. The molecular formula is C15H24N4O. The number of ether oxygens (including phenoxy) is 1. The van der Waals surface area contributed by atoms with E-state index in [1.807, 2.05) is 13.0 Å². The SMILES string of the molecule is COc1cc(C)nc(NC2CC3CCCC(C2)N3C)n1. The van der Waals surface area contributed by atoms with E-state index in [4.69, 9.17) is 4.74 Å². The molecule has 0 saturated carbocycles. The molecule has 110 valence electrons. The molecule has 2 fully saturated rings. The normalized spacial score (nSPS) is 30.1. The molecule has 3 heterocycles. The molecule has 0 spiro atoms. The largest absolute Gasteiger partial charge is 0.481 e. The van der Waals surface area contributed by atoms with Gasteiger partial charge in [0.15, 0.2) is 0 Å². The lowest BCUT2D eigenvalue weighted by Gasteiger charge is -2.47. The van der Waals surface area contributed by atoms with Gasteiger partial charge in [-0.05, 0) is 39.7 Å². The van der Waals surface area contributed by atoms with Gasteiger partial charge >= 0.3 is 0 Å². The quantitative estimate of drug-likeness (QED) is 0.917. The standard InChI is InChI=1S/C15H24N4O/c1-10-7-14(20-3)18-15(16-10)17-11-8-12-5-4-6-13(9-11)19(12)2/h7,11-13H,4-6,8-9H2,1-3H3,(H,16,17,18). The molecule has 2 atom stereocenters. The van der Waals surface area contributed by atoms with Crippen LogP contribution < -0.4 is 10.1 Å². The van der Waals surface area contributed by atoms with Crippen molar-refractivity contribution in [2.75, 3.05) is 19.5 Å². The first-order valence-corrected chi connectivity index (χ1v) is 7.54. The topological polar surface area (TPSA) is 50.3 Å². The summed E-state index contributed by atoms with van der Waals surface area (Å²) in [6, 6.07) is 3.76. The van der Waals surface area contributed by atoms with Gasteiger partial charge in [0.05, 0.1) is 7.11 Å². The highest BCUT2D eigenvalue weighted by atomic mass is 16.5. The predicted molar refractivity (Wildman–Crippen MR) is 79.2 cm³/mol. The van der Waals surface area contributed by atoms with Crippen molar-refractivity contribution in [3.05, 3.63) is 11.8 Å². The lowest BCUT2D eigenvalue weighted by atomic mass is 9.82. The molecule has 0 aliphatic carbocycles. The third kappa shape index (κ3) is 2.73. The summed E-state index contributed by atoms with van der Waals surface area (Å²) in [4.78, 5) is 11.4. The van der Waals surface area contributed by atoms with E-state index in [0.29, 0.717) is 30.0 Å². The van der Waals surface area contributed by atoms with E-state index in [1.54, 1.807) is 7.11 Å². The molecule has 3 rings (SSSR count). The number of nitrogens with one attached hydrogen (secondary N) is 1. The molecule has 2 aliphatic heterocycles. The third-order valence-corrected chi connectivity index (χ3v) is 4.71. The molecule has 2 aliphatic rings. The Hall–Kier alpha value is -1.36. The Bertz CT molecular complexity index is 465. The number of aromatic nitrogens is 2. The summed E-state index contributed by atoms with van der Waals surface area (Å²) >= 11 is 0. The fraction of sp³-hybridized carbons (Fsp3) is 0.733. The van der Waals surface area contributed by atoms with Crippen molar-refractivity contribution in [2.45, 2.75) is 57.2 Å². The van der Waals surface area contributed by atoms with E-state index in [0.717, 1.165) is 5.69 Å². The Morgan fingerprint density at radius 1 is 1.25 bits per heavy atom. The molecule has 1 aromatic heterocycles. The molecular weight excluding hydrogens is 252 g/mol. The number of hydrogen-bond acceptors (Lipinski definition) is 5. The minimum atomic E-state index is 0.480. The van der Waals surface area contributed by atoms with Gasteiger partial charge in [0.2, 0.25) is 11.8 Å². The molecule has 20 heavy (non-hydrogen) atoms. The molecule has 0 aromatic carbocycles. The highest BCUT2D eigenvalue weighted by Gasteiger charge is 2.36. The second-order valence-corrected chi connectivity index (χ2v) is 6.09. The van der Waals surface area contributed by atoms with Crippen LogP contribution in [0.5, 0.6) is 5.88 Å². The maximum absolute atomic E-state index is 5.22. The minimum absolute atomic E-state index is 0.480. The Balaban J connectivity index is 1.70. The maximum Gasteiger partial charge on any atom is 0.226 e. The number of aryl methyl sites for hydroxylation is 1. The minimum Gasteiger partial charge on any atom is -0.481 e. The van der Waals surface area contributed by atoms with E-state index in [-0.39, 0.29) is 0 Å². The first-order valence-electron chi connectivity index (χ1n) is 7.54. The number of hydrogen-bond donors (Lipinski definition) is 1. The molecule has 2 saturated heterocycles. The van der Waals surface area contributed by atoms with Crippen LogP contribution in [0.25, 0.3) is 0 Å². The highest BCUT2D eigenvalue weighted by Crippen LogP contribution is 2.33. The van der Waals surface area contributed by atoms with Crippen LogP contribution in [0.4, 0.5) is 5.95 Å². The van der Waals surface area contributed by atoms with Gasteiger partial charge in [-0.1, -0.05) is 6.42 Å². The van der Waals surface area contributed by atoms with Crippen LogP contribution in [-0.2, 0) is 0 Å². The van der Waals surface area contributed by atoms with Crippen LogP contribution in [0.1, 0.15) is 37.8 Å². The number of anilines is 1. The molecule has 0 radical (unpaired) electrons. The summed E-state index contributed by atoms with van der Waals surface area (Å²) in [6.07, 6.45) is 6.40. The Labute approximate surface area is 120 Å². The Morgan fingerprint density at radius 2 is 1.95 bits per heavy atom. The fourth-order valence-corrected chi connectivity index (χ4v) is 3.63. The van der Waals surface area contributed by atoms with E-state index < -0.39 is 0 Å². The van der Waals surface area contributed by atoms with Crippen molar-refractivity contribution in [3.63, 3.8) is 0 Å². The lowest BCUT2D eigenvalue weighted by Crippen LogP contribution is -2.52. The first kappa shape index (κ1) is 13.6. The van der Waals surface area contributed by atoms with E-state index in [2.05, 4.69) is 27.2 Å². The van der Waals surface area contributed by atoms with Crippen molar-refractivity contribution >= 4 is 5.95 Å². The van der Waals surface area contributed by atoms with Gasteiger partial charge in [0.1, 0.15) is 0 Å². The first-order chi connectivity index (χ1) is 9.65. The van der Waals surface area contributed by atoms with Crippen LogP contribution in [0.3, 0.4) is 0 Å². The zero-order valence-electron chi connectivity index (χ0n) is 12.6. The van der Waals surface area contributed by atoms with Gasteiger partial charge in [-0.15, -0.1) is 0 Å². The Kier molecular flexibility index (Phi) is 3.78. The molecule has 2 unspecified atom stereocenters. The summed E-state index contributed by atoms with van der Waals surface area (Å²) in [5.41, 5.74) is 0.937. The van der Waals surface area contributed by atoms with Crippen LogP contribution in [0, 0.1) is 6.92 Å². The second kappa shape index (κ2) is 5.56. The van der Waals surface area contributed by atoms with Gasteiger partial charge in [0, 0.05) is 29.9 Å². The smallest absolute Gasteiger partial charge is 0.226 e. The van der Waals surface area contributed by atoms with Crippen LogP contribution in [0.15, 0.2) is 6.07 Å². The molecule has 0 amide bonds. The summed E-state index contributed by atoms with van der Waals surface area (Å²) in [5.74, 6) is 1.34. The van der Waals surface area contributed by atoms with Crippen LogP contribution in [-0.4, -0.2) is 47.2 Å². The van der Waals surface area contributed by atoms with Gasteiger partial charge in [-0.25, -0.2) is 4.98 Å². The van der Waals surface area contributed by atoms with E-state index in [9.17, 15) is 0 Å². The summed E-state index contributed by atoms with van der Waals surface area (Å²) in [5, 5.41) is 3.52. The van der Waals surface area contributed by atoms with Crippen molar-refractivity contribution in [3.8, 4) is 5.88 Å². The predicted octanol–water partition coefficient (Wildman–Crippen LogP) is 2.22. The highest BCUT2D eigenvalue weighted by molar-refractivity contribution is 5.32. The van der Waals surface area contributed by atoms with Crippen molar-refractivity contribution in [1.82, 2.24) is 14.9 Å². The lowest BCUT2D eigenvalue weighted by molar-refractivity contribution is 0.0607.